The third kappa shape index (κ3) is 4.90. The molecule has 0 saturated heterocycles. The summed E-state index contributed by atoms with van der Waals surface area (Å²) in [5.74, 6) is -0.404. The van der Waals surface area contributed by atoms with Crippen molar-refractivity contribution in [3.63, 3.8) is 0 Å². The zero-order valence-electron chi connectivity index (χ0n) is 10.8. The molecule has 0 radical (unpaired) electrons. The number of ether oxygens (including phenoxy) is 3. The minimum absolute atomic E-state index is 0.0404. The lowest BCUT2D eigenvalue weighted by molar-refractivity contribution is -0.153. The van der Waals surface area contributed by atoms with Crippen molar-refractivity contribution in [2.24, 2.45) is 0 Å². The molecule has 21 heavy (non-hydrogen) atoms. The van der Waals surface area contributed by atoms with E-state index in [2.05, 4.69) is 10.1 Å². The molecule has 1 heterocycles. The highest BCUT2D eigenvalue weighted by Gasteiger charge is 2.28. The summed E-state index contributed by atoms with van der Waals surface area (Å²) in [6, 6.07) is 5.50. The third-order valence-corrected chi connectivity index (χ3v) is 2.39. The van der Waals surface area contributed by atoms with Crippen LogP contribution in [0, 0.1) is 0 Å². The van der Waals surface area contributed by atoms with Gasteiger partial charge in [0.05, 0.1) is 0 Å². The van der Waals surface area contributed by atoms with Crippen LogP contribution in [0.4, 0.5) is 18.9 Å². The Balaban J connectivity index is 1.90. The van der Waals surface area contributed by atoms with E-state index >= 15 is 0 Å². The first kappa shape index (κ1) is 15.0. The number of anilines is 1. The van der Waals surface area contributed by atoms with Crippen LogP contribution in [0.3, 0.4) is 0 Å². The van der Waals surface area contributed by atoms with E-state index in [0.29, 0.717) is 12.3 Å². The maximum absolute atomic E-state index is 12.0. The van der Waals surface area contributed by atoms with Crippen LogP contribution in [-0.4, -0.2) is 31.9 Å². The lowest BCUT2D eigenvalue weighted by Gasteiger charge is -2.15. The van der Waals surface area contributed by atoms with Crippen molar-refractivity contribution in [1.29, 1.82) is 0 Å². The smallest absolute Gasteiger partial charge is 0.422 e. The van der Waals surface area contributed by atoms with Gasteiger partial charge in [-0.3, -0.25) is 4.79 Å². The van der Waals surface area contributed by atoms with Gasteiger partial charge in [-0.25, -0.2) is 0 Å². The number of nitrogens with one attached hydrogen (secondary N) is 1. The SMILES string of the molecule is O=C(Nc1ccc(OCC(F)(F)F)cc1)C1=COCCO1. The highest BCUT2D eigenvalue weighted by molar-refractivity contribution is 6.02. The van der Waals surface area contributed by atoms with Gasteiger partial charge in [0.1, 0.15) is 25.2 Å². The highest BCUT2D eigenvalue weighted by Crippen LogP contribution is 2.20. The van der Waals surface area contributed by atoms with Gasteiger partial charge in [0.2, 0.25) is 5.76 Å². The second kappa shape index (κ2) is 6.38. The quantitative estimate of drug-likeness (QED) is 0.928. The predicted molar refractivity (Wildman–Crippen MR) is 66.6 cm³/mol. The zero-order valence-corrected chi connectivity index (χ0v) is 10.8. The Hall–Kier alpha value is -2.38. The van der Waals surface area contributed by atoms with Gasteiger partial charge in [0, 0.05) is 5.69 Å². The molecule has 0 aliphatic carbocycles. The lowest BCUT2D eigenvalue weighted by Crippen LogP contribution is -2.21. The fourth-order valence-corrected chi connectivity index (χ4v) is 1.48. The molecule has 0 fully saturated rings. The van der Waals surface area contributed by atoms with E-state index in [4.69, 9.17) is 9.47 Å². The Labute approximate surface area is 118 Å². The van der Waals surface area contributed by atoms with Crippen molar-refractivity contribution in [3.8, 4) is 5.75 Å². The minimum atomic E-state index is -4.39. The van der Waals surface area contributed by atoms with Crippen LogP contribution in [0.5, 0.6) is 5.75 Å². The van der Waals surface area contributed by atoms with Gasteiger partial charge in [-0.2, -0.15) is 13.2 Å². The summed E-state index contributed by atoms with van der Waals surface area (Å²) < 4.78 is 50.5. The van der Waals surface area contributed by atoms with E-state index in [1.54, 1.807) is 0 Å². The number of amides is 1. The van der Waals surface area contributed by atoms with Gasteiger partial charge in [-0.15, -0.1) is 0 Å². The molecule has 0 bridgehead atoms. The molecule has 1 N–H and O–H groups in total. The summed E-state index contributed by atoms with van der Waals surface area (Å²) in [6.07, 6.45) is -3.18. The number of halogens is 3. The largest absolute Gasteiger partial charge is 0.494 e. The van der Waals surface area contributed by atoms with Crippen LogP contribution < -0.4 is 10.1 Å². The van der Waals surface area contributed by atoms with Crippen LogP contribution in [0.2, 0.25) is 0 Å². The van der Waals surface area contributed by atoms with E-state index in [-0.39, 0.29) is 18.1 Å². The number of rotatable bonds is 4. The molecule has 2 rings (SSSR count). The Morgan fingerprint density at radius 1 is 1.24 bits per heavy atom. The second-order valence-corrected chi connectivity index (χ2v) is 4.08. The summed E-state index contributed by atoms with van der Waals surface area (Å²) in [4.78, 5) is 11.7. The first-order valence-corrected chi connectivity index (χ1v) is 5.99. The molecule has 0 aromatic heterocycles. The Bertz CT molecular complexity index is 525. The van der Waals surface area contributed by atoms with Gasteiger partial charge < -0.3 is 19.5 Å². The molecular weight excluding hydrogens is 291 g/mol. The maximum atomic E-state index is 12.0. The molecule has 0 unspecified atom stereocenters. The number of hydrogen-bond donors (Lipinski definition) is 1. The molecule has 8 heteroatoms. The summed E-state index contributed by atoms with van der Waals surface area (Å²) in [5, 5.41) is 2.52. The molecule has 1 amide bonds. The van der Waals surface area contributed by atoms with Gasteiger partial charge in [0.15, 0.2) is 6.61 Å². The first-order chi connectivity index (χ1) is 9.94. The normalized spacial score (nSPS) is 14.5. The summed E-state index contributed by atoms with van der Waals surface area (Å²) in [5.41, 5.74) is 0.398. The van der Waals surface area contributed by atoms with Crippen molar-refractivity contribution in [1.82, 2.24) is 0 Å². The van der Waals surface area contributed by atoms with Gasteiger partial charge >= 0.3 is 6.18 Å². The van der Waals surface area contributed by atoms with E-state index in [1.165, 1.54) is 30.5 Å². The molecule has 1 aromatic carbocycles. The monoisotopic (exact) mass is 303 g/mol. The van der Waals surface area contributed by atoms with E-state index in [9.17, 15) is 18.0 Å². The van der Waals surface area contributed by atoms with Crippen LogP contribution >= 0.6 is 0 Å². The molecule has 114 valence electrons. The second-order valence-electron chi connectivity index (χ2n) is 4.08. The summed E-state index contributed by atoms with van der Waals surface area (Å²) >= 11 is 0. The molecule has 0 spiro atoms. The fourth-order valence-electron chi connectivity index (χ4n) is 1.48. The molecule has 0 atom stereocenters. The number of carbonyl (C=O) groups excluding carboxylic acids is 1. The van der Waals surface area contributed by atoms with Crippen molar-refractivity contribution in [3.05, 3.63) is 36.3 Å². The van der Waals surface area contributed by atoms with Crippen molar-refractivity contribution < 1.29 is 32.2 Å². The third-order valence-electron chi connectivity index (χ3n) is 2.39. The van der Waals surface area contributed by atoms with Crippen molar-refractivity contribution >= 4 is 11.6 Å². The molecular formula is C13H12F3NO4. The van der Waals surface area contributed by atoms with Crippen LogP contribution in [-0.2, 0) is 14.3 Å². The van der Waals surface area contributed by atoms with E-state index in [1.807, 2.05) is 0 Å². The molecule has 1 aromatic rings. The van der Waals surface area contributed by atoms with Crippen LogP contribution in [0.25, 0.3) is 0 Å². The number of hydrogen-bond acceptors (Lipinski definition) is 4. The first-order valence-electron chi connectivity index (χ1n) is 5.99. The number of alkyl halides is 3. The molecule has 1 aliphatic heterocycles. The standard InChI is InChI=1S/C13H12F3NO4/c14-13(15,16)8-21-10-3-1-9(2-4-10)17-12(18)11-7-19-5-6-20-11/h1-4,7H,5-6,8H2,(H,17,18). The Morgan fingerprint density at radius 3 is 2.52 bits per heavy atom. The zero-order chi connectivity index (χ0) is 15.3. The van der Waals surface area contributed by atoms with Gasteiger partial charge in [-0.1, -0.05) is 0 Å². The fraction of sp³-hybridized carbons (Fsp3) is 0.308. The molecule has 5 nitrogen and oxygen atoms in total. The van der Waals surface area contributed by atoms with Crippen molar-refractivity contribution in [2.75, 3.05) is 25.1 Å². The lowest BCUT2D eigenvalue weighted by atomic mass is 10.3. The topological polar surface area (TPSA) is 56.8 Å². The summed E-state index contributed by atoms with van der Waals surface area (Å²) in [6.45, 7) is -0.706. The number of benzene rings is 1. The average Bonchev–Trinajstić information content (AvgIpc) is 2.46. The van der Waals surface area contributed by atoms with Gasteiger partial charge in [-0.05, 0) is 24.3 Å². The van der Waals surface area contributed by atoms with Crippen molar-refractivity contribution in [2.45, 2.75) is 6.18 Å². The Kier molecular flexibility index (Phi) is 4.56. The maximum Gasteiger partial charge on any atom is 0.422 e. The van der Waals surface area contributed by atoms with E-state index < -0.39 is 18.7 Å². The summed E-state index contributed by atoms with van der Waals surface area (Å²) in [7, 11) is 0. The highest BCUT2D eigenvalue weighted by atomic mass is 19.4. The minimum Gasteiger partial charge on any atom is -0.494 e. The Morgan fingerprint density at radius 2 is 1.95 bits per heavy atom. The number of carbonyl (C=O) groups is 1. The average molecular weight is 303 g/mol. The van der Waals surface area contributed by atoms with Crippen LogP contribution in [0.15, 0.2) is 36.3 Å². The van der Waals surface area contributed by atoms with Crippen LogP contribution in [0.1, 0.15) is 0 Å². The molecule has 1 aliphatic rings. The molecule has 0 saturated carbocycles. The van der Waals surface area contributed by atoms with Gasteiger partial charge in [0.25, 0.3) is 5.91 Å². The predicted octanol–water partition coefficient (Wildman–Crippen LogP) is 2.45. The van der Waals surface area contributed by atoms with E-state index in [0.717, 1.165) is 0 Å².